The smallest absolute Gasteiger partial charge is 0.212 e. The molecule has 0 radical (unpaired) electrons. The van der Waals surface area contributed by atoms with Gasteiger partial charge in [-0.2, -0.15) is 5.10 Å². The molecule has 2 aromatic rings. The van der Waals surface area contributed by atoms with Crippen LogP contribution in [0.1, 0.15) is 18.5 Å². The zero-order valence-corrected chi connectivity index (χ0v) is 9.29. The minimum Gasteiger partial charge on any atom is -0.481 e. The average molecular weight is 218 g/mol. The summed E-state index contributed by atoms with van der Waals surface area (Å²) in [5, 5.41) is 4.17. The molecule has 0 aromatic carbocycles. The Bertz CT molecular complexity index is 463. The lowest BCUT2D eigenvalue weighted by atomic mass is 10.1. The molecule has 1 atom stereocenters. The van der Waals surface area contributed by atoms with Gasteiger partial charge < -0.3 is 10.5 Å². The summed E-state index contributed by atoms with van der Waals surface area (Å²) in [6.45, 7) is 2.04. The Kier molecular flexibility index (Phi) is 2.76. The van der Waals surface area contributed by atoms with Gasteiger partial charge in [-0.15, -0.1) is 0 Å². The van der Waals surface area contributed by atoms with E-state index in [1.54, 1.807) is 30.4 Å². The first-order valence-corrected chi connectivity index (χ1v) is 5.00. The van der Waals surface area contributed by atoms with Gasteiger partial charge in [0.25, 0.3) is 0 Å². The van der Waals surface area contributed by atoms with Gasteiger partial charge >= 0.3 is 0 Å². The van der Waals surface area contributed by atoms with Crippen molar-refractivity contribution in [3.05, 3.63) is 36.3 Å². The number of nitrogens with two attached hydrogens (primary N) is 1. The van der Waals surface area contributed by atoms with Crippen LogP contribution in [0.3, 0.4) is 0 Å². The molecular formula is C11H14N4O. The third-order valence-corrected chi connectivity index (χ3v) is 2.47. The fourth-order valence-electron chi connectivity index (χ4n) is 1.48. The highest BCUT2D eigenvalue weighted by Gasteiger charge is 2.09. The zero-order valence-electron chi connectivity index (χ0n) is 9.29. The van der Waals surface area contributed by atoms with E-state index in [4.69, 9.17) is 10.5 Å². The Labute approximate surface area is 93.9 Å². The van der Waals surface area contributed by atoms with Crippen LogP contribution in [0.2, 0.25) is 0 Å². The van der Waals surface area contributed by atoms with E-state index in [-0.39, 0.29) is 6.04 Å². The van der Waals surface area contributed by atoms with Gasteiger partial charge in [0, 0.05) is 18.5 Å². The molecule has 84 valence electrons. The van der Waals surface area contributed by atoms with Gasteiger partial charge in [0.05, 0.1) is 25.0 Å². The summed E-state index contributed by atoms with van der Waals surface area (Å²) in [6, 6.07) is 3.91. The first-order chi connectivity index (χ1) is 7.70. The van der Waals surface area contributed by atoms with Crippen molar-refractivity contribution in [2.24, 2.45) is 0 Å². The predicted molar refractivity (Wildman–Crippen MR) is 61.2 cm³/mol. The fraction of sp³-hybridized carbons (Fsp3) is 0.273. The maximum Gasteiger partial charge on any atom is 0.212 e. The normalized spacial score (nSPS) is 12.4. The van der Waals surface area contributed by atoms with E-state index >= 15 is 0 Å². The van der Waals surface area contributed by atoms with E-state index in [0.29, 0.717) is 11.6 Å². The standard InChI is InChI=1S/C11H14N4O/c1-8(15-7-10(12)6-14-15)9-3-4-11(16-2)13-5-9/h3-8H,12H2,1-2H3. The molecule has 0 aliphatic heterocycles. The number of nitrogen functional groups attached to an aromatic ring is 1. The quantitative estimate of drug-likeness (QED) is 0.847. The van der Waals surface area contributed by atoms with Crippen LogP contribution >= 0.6 is 0 Å². The first kappa shape index (κ1) is 10.5. The molecule has 0 bridgehead atoms. The molecule has 5 nitrogen and oxygen atoms in total. The van der Waals surface area contributed by atoms with Crippen molar-refractivity contribution in [1.82, 2.24) is 14.8 Å². The summed E-state index contributed by atoms with van der Waals surface area (Å²) < 4.78 is 6.81. The monoisotopic (exact) mass is 218 g/mol. The molecule has 2 rings (SSSR count). The first-order valence-electron chi connectivity index (χ1n) is 5.00. The molecule has 5 heteroatoms. The summed E-state index contributed by atoms with van der Waals surface area (Å²) >= 11 is 0. The summed E-state index contributed by atoms with van der Waals surface area (Å²) in [6.07, 6.45) is 5.21. The van der Waals surface area contributed by atoms with Crippen LogP contribution in [0.5, 0.6) is 5.88 Å². The van der Waals surface area contributed by atoms with Gasteiger partial charge in [-0.3, -0.25) is 4.68 Å². The van der Waals surface area contributed by atoms with Gasteiger partial charge in [0.1, 0.15) is 0 Å². The molecule has 0 aliphatic rings. The SMILES string of the molecule is COc1ccc(C(C)n2cc(N)cn2)cn1. The Morgan fingerprint density at radius 3 is 2.69 bits per heavy atom. The Balaban J connectivity index is 2.23. The van der Waals surface area contributed by atoms with Crippen molar-refractivity contribution in [2.45, 2.75) is 13.0 Å². The minimum atomic E-state index is 0.107. The number of methoxy groups -OCH3 is 1. The van der Waals surface area contributed by atoms with Gasteiger partial charge in [0.2, 0.25) is 5.88 Å². The summed E-state index contributed by atoms with van der Waals surface area (Å²) in [5.41, 5.74) is 7.34. The van der Waals surface area contributed by atoms with Crippen LogP contribution in [-0.2, 0) is 0 Å². The van der Waals surface area contributed by atoms with Crippen molar-refractivity contribution in [3.8, 4) is 5.88 Å². The fourth-order valence-corrected chi connectivity index (χ4v) is 1.48. The molecule has 1 unspecified atom stereocenters. The molecule has 0 fully saturated rings. The molecule has 0 aliphatic carbocycles. The molecule has 2 N–H and O–H groups in total. The molecule has 0 amide bonds. The highest BCUT2D eigenvalue weighted by Crippen LogP contribution is 2.18. The van der Waals surface area contributed by atoms with Gasteiger partial charge in [-0.1, -0.05) is 0 Å². The molecule has 0 saturated heterocycles. The number of anilines is 1. The molecule has 2 aromatic heterocycles. The maximum atomic E-state index is 5.62. The van der Waals surface area contributed by atoms with E-state index in [1.807, 2.05) is 19.1 Å². The number of ether oxygens (including phenoxy) is 1. The zero-order chi connectivity index (χ0) is 11.5. The van der Waals surface area contributed by atoms with Crippen molar-refractivity contribution in [1.29, 1.82) is 0 Å². The Morgan fingerprint density at radius 2 is 2.19 bits per heavy atom. The van der Waals surface area contributed by atoms with E-state index < -0.39 is 0 Å². The highest BCUT2D eigenvalue weighted by molar-refractivity contribution is 5.31. The summed E-state index contributed by atoms with van der Waals surface area (Å²) in [7, 11) is 1.60. The largest absolute Gasteiger partial charge is 0.481 e. The summed E-state index contributed by atoms with van der Waals surface area (Å²) in [4.78, 5) is 4.16. The number of pyridine rings is 1. The number of hydrogen-bond acceptors (Lipinski definition) is 4. The lowest BCUT2D eigenvalue weighted by Gasteiger charge is -2.12. The molecule has 0 spiro atoms. The predicted octanol–water partition coefficient (Wildman–Crippen LogP) is 1.48. The lowest BCUT2D eigenvalue weighted by Crippen LogP contribution is -2.07. The van der Waals surface area contributed by atoms with Crippen LogP contribution in [0.4, 0.5) is 5.69 Å². The second-order valence-electron chi connectivity index (χ2n) is 3.56. The number of aromatic nitrogens is 3. The van der Waals surface area contributed by atoms with Gasteiger partial charge in [-0.25, -0.2) is 4.98 Å². The molecule has 0 saturated carbocycles. The van der Waals surface area contributed by atoms with Gasteiger partial charge in [0.15, 0.2) is 0 Å². The third-order valence-electron chi connectivity index (χ3n) is 2.47. The molecular weight excluding hydrogens is 204 g/mol. The van der Waals surface area contributed by atoms with Crippen molar-refractivity contribution in [3.63, 3.8) is 0 Å². The van der Waals surface area contributed by atoms with Crippen molar-refractivity contribution < 1.29 is 4.74 Å². The van der Waals surface area contributed by atoms with Crippen LogP contribution < -0.4 is 10.5 Å². The second kappa shape index (κ2) is 4.22. The Hall–Kier alpha value is -2.04. The van der Waals surface area contributed by atoms with Crippen LogP contribution in [0, 0.1) is 0 Å². The third kappa shape index (κ3) is 1.98. The van der Waals surface area contributed by atoms with E-state index in [2.05, 4.69) is 10.1 Å². The number of nitrogens with zero attached hydrogens (tertiary/aromatic N) is 3. The average Bonchev–Trinajstić information content (AvgIpc) is 2.75. The Morgan fingerprint density at radius 1 is 1.38 bits per heavy atom. The number of hydrogen-bond donors (Lipinski definition) is 1. The molecule has 16 heavy (non-hydrogen) atoms. The topological polar surface area (TPSA) is 66.0 Å². The van der Waals surface area contributed by atoms with Crippen LogP contribution in [0.15, 0.2) is 30.7 Å². The molecule has 2 heterocycles. The lowest BCUT2D eigenvalue weighted by molar-refractivity contribution is 0.397. The summed E-state index contributed by atoms with van der Waals surface area (Å²) in [5.74, 6) is 0.607. The van der Waals surface area contributed by atoms with E-state index in [9.17, 15) is 0 Å². The van der Waals surface area contributed by atoms with Crippen LogP contribution in [0.25, 0.3) is 0 Å². The van der Waals surface area contributed by atoms with Crippen molar-refractivity contribution >= 4 is 5.69 Å². The second-order valence-corrected chi connectivity index (χ2v) is 3.56. The van der Waals surface area contributed by atoms with Gasteiger partial charge in [-0.05, 0) is 18.6 Å². The van der Waals surface area contributed by atoms with E-state index in [0.717, 1.165) is 5.56 Å². The highest BCUT2D eigenvalue weighted by atomic mass is 16.5. The van der Waals surface area contributed by atoms with Crippen molar-refractivity contribution in [2.75, 3.05) is 12.8 Å². The maximum absolute atomic E-state index is 5.62. The van der Waals surface area contributed by atoms with E-state index in [1.165, 1.54) is 0 Å². The minimum absolute atomic E-state index is 0.107. The van der Waals surface area contributed by atoms with Crippen LogP contribution in [-0.4, -0.2) is 21.9 Å². The number of rotatable bonds is 3.